The maximum Gasteiger partial charge on any atom is 0.416 e. The third-order valence-electron chi connectivity index (χ3n) is 5.38. The summed E-state index contributed by atoms with van der Waals surface area (Å²) >= 11 is 0. The molecule has 2 aromatic heterocycles. The molecule has 0 saturated carbocycles. The lowest BCUT2D eigenvalue weighted by molar-refractivity contribution is -0.137. The van der Waals surface area contributed by atoms with Gasteiger partial charge in [0, 0.05) is 32.7 Å². The monoisotopic (exact) mass is 436 g/mol. The van der Waals surface area contributed by atoms with Crippen molar-refractivity contribution in [2.75, 3.05) is 24.7 Å². The Hall–Kier alpha value is -3.01. The van der Waals surface area contributed by atoms with Gasteiger partial charge < -0.3 is 14.0 Å². The molecule has 2 atom stereocenters. The lowest BCUT2D eigenvalue weighted by atomic mass is 10.1. The van der Waals surface area contributed by atoms with E-state index in [1.165, 1.54) is 22.8 Å². The molecule has 4 rings (SSSR count). The van der Waals surface area contributed by atoms with Gasteiger partial charge in [0.15, 0.2) is 0 Å². The van der Waals surface area contributed by atoms with Crippen LogP contribution in [0.1, 0.15) is 18.9 Å². The molecule has 7 nitrogen and oxygen atoms in total. The van der Waals surface area contributed by atoms with Crippen LogP contribution in [-0.2, 0) is 18.0 Å². The Bertz CT molecular complexity index is 1120. The Kier molecular flexibility index (Phi) is 5.65. The number of pyridine rings is 1. The Balaban J connectivity index is 1.53. The van der Waals surface area contributed by atoms with Gasteiger partial charge in [0.1, 0.15) is 23.5 Å². The molecule has 31 heavy (non-hydrogen) atoms. The van der Waals surface area contributed by atoms with Gasteiger partial charge in [-0.05, 0) is 31.2 Å². The number of aryl methyl sites for hydroxylation is 1. The average Bonchev–Trinajstić information content (AvgIpc) is 3.17. The highest BCUT2D eigenvalue weighted by Crippen LogP contribution is 2.32. The summed E-state index contributed by atoms with van der Waals surface area (Å²) in [6.45, 7) is 3.31. The lowest BCUT2D eigenvalue weighted by Gasteiger charge is -2.38. The topological polar surface area (TPSA) is 61.5 Å². The van der Waals surface area contributed by atoms with Crippen molar-refractivity contribution in [3.05, 3.63) is 58.5 Å². The number of hydrogen-bond acceptors (Lipinski definition) is 5. The van der Waals surface area contributed by atoms with E-state index in [9.17, 15) is 18.0 Å². The van der Waals surface area contributed by atoms with Crippen molar-refractivity contribution in [3.63, 3.8) is 0 Å². The quantitative estimate of drug-likeness (QED) is 0.616. The number of benzene rings is 1. The van der Waals surface area contributed by atoms with Crippen molar-refractivity contribution in [1.82, 2.24) is 14.5 Å². The fourth-order valence-electron chi connectivity index (χ4n) is 3.76. The zero-order chi connectivity index (χ0) is 22.2. The third kappa shape index (κ3) is 4.39. The van der Waals surface area contributed by atoms with Crippen molar-refractivity contribution in [2.24, 2.45) is 7.05 Å². The molecule has 1 fully saturated rings. The van der Waals surface area contributed by atoms with Gasteiger partial charge in [-0.25, -0.2) is 0 Å². The summed E-state index contributed by atoms with van der Waals surface area (Å²) < 4.78 is 52.3. The van der Waals surface area contributed by atoms with E-state index in [1.54, 1.807) is 24.1 Å². The normalized spacial score (nSPS) is 19.7. The lowest BCUT2D eigenvalue weighted by Crippen LogP contribution is -2.54. The number of nitrogens with zero attached hydrogens (tertiary/aromatic N) is 4. The Labute approximate surface area is 176 Å². The zero-order valence-corrected chi connectivity index (χ0v) is 17.2. The van der Waals surface area contributed by atoms with Crippen LogP contribution in [0.15, 0.2) is 47.4 Å². The Morgan fingerprint density at radius 1 is 1.19 bits per heavy atom. The van der Waals surface area contributed by atoms with Crippen LogP contribution in [0.2, 0.25) is 0 Å². The van der Waals surface area contributed by atoms with Gasteiger partial charge in [-0.3, -0.25) is 9.80 Å². The summed E-state index contributed by atoms with van der Waals surface area (Å²) in [7, 11) is 1.69. The molecule has 0 bridgehead atoms. The second-order valence-electron chi connectivity index (χ2n) is 7.43. The van der Waals surface area contributed by atoms with Crippen LogP contribution in [-0.4, -0.2) is 46.4 Å². The first-order valence-electron chi connectivity index (χ1n) is 10.0. The zero-order valence-electron chi connectivity index (χ0n) is 17.2. The van der Waals surface area contributed by atoms with E-state index in [1.807, 2.05) is 11.9 Å². The number of fused-ring (bicyclic) bond motifs is 1. The first kappa shape index (κ1) is 21.2. The number of rotatable bonds is 5. The molecule has 1 aromatic carbocycles. The maximum absolute atomic E-state index is 13.0. The molecule has 0 radical (unpaired) electrons. The SMILES string of the molecule is CCO[C@@H]1CN(n2cc3c(ccc(=O)n3C)n2)CC[C@H]1Oc1cccc(C(F)(F)F)c1. The molecule has 1 aliphatic rings. The van der Waals surface area contributed by atoms with E-state index in [4.69, 9.17) is 9.47 Å². The smallest absolute Gasteiger partial charge is 0.416 e. The molecule has 0 amide bonds. The molecular formula is C21H23F3N4O3. The fourth-order valence-corrected chi connectivity index (χ4v) is 3.76. The van der Waals surface area contributed by atoms with Gasteiger partial charge in [0.05, 0.1) is 23.8 Å². The molecule has 10 heteroatoms. The largest absolute Gasteiger partial charge is 0.488 e. The predicted molar refractivity (Wildman–Crippen MR) is 109 cm³/mol. The molecule has 3 aromatic rings. The van der Waals surface area contributed by atoms with Crippen LogP contribution in [0.3, 0.4) is 0 Å². The third-order valence-corrected chi connectivity index (χ3v) is 5.38. The van der Waals surface area contributed by atoms with Gasteiger partial charge >= 0.3 is 6.18 Å². The van der Waals surface area contributed by atoms with Crippen molar-refractivity contribution in [2.45, 2.75) is 31.7 Å². The molecule has 1 aliphatic heterocycles. The van der Waals surface area contributed by atoms with Crippen LogP contribution in [0.5, 0.6) is 5.75 Å². The van der Waals surface area contributed by atoms with E-state index in [-0.39, 0.29) is 17.4 Å². The molecule has 3 heterocycles. The minimum atomic E-state index is -4.43. The predicted octanol–water partition coefficient (Wildman–Crippen LogP) is 2.95. The number of aromatic nitrogens is 3. The standard InChI is InChI=1S/C21H23F3N4O3/c1-3-30-19-13-27(28-12-17-16(25-28)7-8-20(29)26(17)2)10-9-18(19)31-15-6-4-5-14(11-15)21(22,23)24/h4-8,11-12,18-19H,3,9-10,13H2,1-2H3/t18-,19-/m1/s1. The summed E-state index contributed by atoms with van der Waals surface area (Å²) in [6.07, 6.45) is -2.85. The number of piperidine rings is 1. The summed E-state index contributed by atoms with van der Waals surface area (Å²) in [6, 6.07) is 8.03. The van der Waals surface area contributed by atoms with Crippen LogP contribution < -0.4 is 15.3 Å². The van der Waals surface area contributed by atoms with Crippen molar-refractivity contribution in [1.29, 1.82) is 0 Å². The average molecular weight is 436 g/mol. The van der Waals surface area contributed by atoms with E-state index < -0.39 is 17.8 Å². The fraction of sp³-hybridized carbons (Fsp3) is 0.429. The van der Waals surface area contributed by atoms with Crippen LogP contribution in [0.4, 0.5) is 13.2 Å². The van der Waals surface area contributed by atoms with E-state index >= 15 is 0 Å². The maximum atomic E-state index is 13.0. The summed E-state index contributed by atoms with van der Waals surface area (Å²) in [5.41, 5.74) is 0.539. The van der Waals surface area contributed by atoms with Crippen LogP contribution >= 0.6 is 0 Å². The molecular weight excluding hydrogens is 413 g/mol. The summed E-state index contributed by atoms with van der Waals surface area (Å²) in [5.74, 6) is 0.165. The van der Waals surface area contributed by atoms with Gasteiger partial charge in [0.25, 0.3) is 5.56 Å². The molecule has 0 N–H and O–H groups in total. The molecule has 166 valence electrons. The Morgan fingerprint density at radius 2 is 2.00 bits per heavy atom. The number of halogens is 3. The molecule has 0 spiro atoms. The van der Waals surface area contributed by atoms with Crippen LogP contribution in [0.25, 0.3) is 11.0 Å². The Morgan fingerprint density at radius 3 is 2.74 bits per heavy atom. The minimum absolute atomic E-state index is 0.118. The number of ether oxygens (including phenoxy) is 2. The highest BCUT2D eigenvalue weighted by Gasteiger charge is 2.34. The summed E-state index contributed by atoms with van der Waals surface area (Å²) in [5, 5.41) is 6.51. The van der Waals surface area contributed by atoms with Crippen molar-refractivity contribution < 1.29 is 22.6 Å². The van der Waals surface area contributed by atoms with E-state index in [0.29, 0.717) is 37.2 Å². The summed E-state index contributed by atoms with van der Waals surface area (Å²) in [4.78, 5) is 13.6. The van der Waals surface area contributed by atoms with Gasteiger partial charge in [-0.2, -0.15) is 23.1 Å². The number of hydrogen-bond donors (Lipinski definition) is 0. The van der Waals surface area contributed by atoms with Crippen molar-refractivity contribution in [3.8, 4) is 5.75 Å². The second-order valence-corrected chi connectivity index (χ2v) is 7.43. The molecule has 0 unspecified atom stereocenters. The highest BCUT2D eigenvalue weighted by molar-refractivity contribution is 5.73. The molecule has 1 saturated heterocycles. The first-order chi connectivity index (χ1) is 14.8. The van der Waals surface area contributed by atoms with E-state index in [0.717, 1.165) is 12.1 Å². The minimum Gasteiger partial charge on any atom is -0.488 e. The first-order valence-corrected chi connectivity index (χ1v) is 10.0. The molecule has 0 aliphatic carbocycles. The number of alkyl halides is 3. The van der Waals surface area contributed by atoms with Crippen LogP contribution in [0, 0.1) is 0 Å². The van der Waals surface area contributed by atoms with Gasteiger partial charge in [-0.15, -0.1) is 0 Å². The second kappa shape index (κ2) is 8.26. The van der Waals surface area contributed by atoms with Gasteiger partial charge in [-0.1, -0.05) is 6.07 Å². The van der Waals surface area contributed by atoms with E-state index in [2.05, 4.69) is 5.10 Å². The van der Waals surface area contributed by atoms with Crippen molar-refractivity contribution >= 4 is 11.0 Å². The highest BCUT2D eigenvalue weighted by atomic mass is 19.4. The van der Waals surface area contributed by atoms with Gasteiger partial charge in [0.2, 0.25) is 0 Å².